The summed E-state index contributed by atoms with van der Waals surface area (Å²) in [4.78, 5) is 23.6. The van der Waals surface area contributed by atoms with Crippen LogP contribution in [0.25, 0.3) is 0 Å². The highest BCUT2D eigenvalue weighted by Crippen LogP contribution is 2.13. The Labute approximate surface area is 128 Å². The summed E-state index contributed by atoms with van der Waals surface area (Å²) in [6, 6.07) is 11.2. The van der Waals surface area contributed by atoms with Crippen molar-refractivity contribution in [1.29, 1.82) is 0 Å². The van der Waals surface area contributed by atoms with Gasteiger partial charge in [-0.15, -0.1) is 0 Å². The Morgan fingerprint density at radius 3 is 2.45 bits per heavy atom. The van der Waals surface area contributed by atoms with Crippen LogP contribution < -0.4 is 10.6 Å². The molecule has 0 atom stereocenters. The summed E-state index contributed by atoms with van der Waals surface area (Å²) in [5, 5.41) is 5.08. The van der Waals surface area contributed by atoms with Crippen molar-refractivity contribution < 1.29 is 14.0 Å². The van der Waals surface area contributed by atoms with E-state index in [1.54, 1.807) is 12.1 Å². The molecule has 0 fully saturated rings. The van der Waals surface area contributed by atoms with E-state index in [1.165, 1.54) is 18.2 Å². The fraction of sp³-hybridized carbons (Fsp3) is 0.176. The summed E-state index contributed by atoms with van der Waals surface area (Å²) < 4.78 is 13.4. The molecular weight excluding hydrogens is 283 g/mol. The smallest absolute Gasteiger partial charge is 0.254 e. The maximum atomic E-state index is 13.4. The Bertz CT molecular complexity index is 714. The molecule has 2 aromatic rings. The van der Waals surface area contributed by atoms with Crippen molar-refractivity contribution in [2.75, 3.05) is 11.9 Å². The van der Waals surface area contributed by atoms with Gasteiger partial charge >= 0.3 is 0 Å². The third kappa shape index (κ3) is 3.91. The first-order chi connectivity index (χ1) is 10.5. The molecule has 114 valence electrons. The first kappa shape index (κ1) is 15.7. The van der Waals surface area contributed by atoms with E-state index in [-0.39, 0.29) is 18.0 Å². The zero-order valence-electron chi connectivity index (χ0n) is 12.4. The van der Waals surface area contributed by atoms with E-state index >= 15 is 0 Å². The molecule has 2 aromatic carbocycles. The predicted octanol–water partition coefficient (Wildman–Crippen LogP) is 2.81. The van der Waals surface area contributed by atoms with Crippen molar-refractivity contribution in [2.24, 2.45) is 0 Å². The van der Waals surface area contributed by atoms with Crippen LogP contribution in [-0.4, -0.2) is 18.4 Å². The third-order valence-electron chi connectivity index (χ3n) is 3.32. The summed E-state index contributed by atoms with van der Waals surface area (Å²) in [6.45, 7) is 3.71. The lowest BCUT2D eigenvalue weighted by molar-refractivity contribution is -0.115. The molecule has 22 heavy (non-hydrogen) atoms. The zero-order valence-corrected chi connectivity index (χ0v) is 12.4. The van der Waals surface area contributed by atoms with Crippen LogP contribution in [0.3, 0.4) is 0 Å². The van der Waals surface area contributed by atoms with Gasteiger partial charge in [0.1, 0.15) is 5.82 Å². The molecule has 0 aliphatic rings. The monoisotopic (exact) mass is 300 g/mol. The Morgan fingerprint density at radius 1 is 1.05 bits per heavy atom. The molecule has 2 N–H and O–H groups in total. The number of halogens is 1. The quantitative estimate of drug-likeness (QED) is 0.912. The number of amides is 2. The molecule has 0 aromatic heterocycles. The number of rotatable bonds is 4. The number of anilines is 1. The molecule has 2 rings (SSSR count). The van der Waals surface area contributed by atoms with Gasteiger partial charge in [-0.05, 0) is 49.2 Å². The lowest BCUT2D eigenvalue weighted by atomic mass is 10.1. The number of nitrogens with one attached hydrogen (secondary N) is 2. The number of hydrogen-bond acceptors (Lipinski definition) is 2. The molecule has 5 heteroatoms. The van der Waals surface area contributed by atoms with Gasteiger partial charge in [0.2, 0.25) is 5.91 Å². The van der Waals surface area contributed by atoms with Gasteiger partial charge in [-0.2, -0.15) is 0 Å². The highest BCUT2D eigenvalue weighted by molar-refractivity contribution is 5.99. The number of hydrogen-bond donors (Lipinski definition) is 2. The van der Waals surface area contributed by atoms with Crippen LogP contribution in [0.1, 0.15) is 21.5 Å². The second-order valence-corrected chi connectivity index (χ2v) is 5.01. The maximum Gasteiger partial charge on any atom is 0.254 e. The van der Waals surface area contributed by atoms with Gasteiger partial charge in [0.25, 0.3) is 5.91 Å². The summed E-state index contributed by atoms with van der Waals surface area (Å²) in [6.07, 6.45) is 0. The minimum atomic E-state index is -0.617. The molecule has 0 aliphatic heterocycles. The van der Waals surface area contributed by atoms with Crippen molar-refractivity contribution in [2.45, 2.75) is 13.8 Å². The Balaban J connectivity index is 1.91. The van der Waals surface area contributed by atoms with Crippen molar-refractivity contribution in [1.82, 2.24) is 5.32 Å². The minimum Gasteiger partial charge on any atom is -0.343 e. The molecule has 0 radical (unpaired) electrons. The summed E-state index contributed by atoms with van der Waals surface area (Å²) in [7, 11) is 0. The molecule has 0 unspecified atom stereocenters. The van der Waals surface area contributed by atoms with Crippen LogP contribution in [0, 0.1) is 19.7 Å². The topological polar surface area (TPSA) is 58.2 Å². The van der Waals surface area contributed by atoms with Gasteiger partial charge in [-0.25, -0.2) is 4.39 Å². The van der Waals surface area contributed by atoms with Crippen LogP contribution in [0.15, 0.2) is 42.5 Å². The standard InChI is InChI=1S/C17H17FN2O2/c1-11-7-8-13(9-12(11)2)20-16(21)10-19-17(22)14-5-3-4-6-15(14)18/h3-9H,10H2,1-2H3,(H,19,22)(H,20,21). The van der Waals surface area contributed by atoms with Crippen LogP contribution in [0.4, 0.5) is 10.1 Å². The van der Waals surface area contributed by atoms with E-state index in [2.05, 4.69) is 10.6 Å². The summed E-state index contributed by atoms with van der Waals surface area (Å²) >= 11 is 0. The van der Waals surface area contributed by atoms with Gasteiger partial charge in [0, 0.05) is 5.69 Å². The second-order valence-electron chi connectivity index (χ2n) is 5.01. The highest BCUT2D eigenvalue weighted by atomic mass is 19.1. The van der Waals surface area contributed by atoms with E-state index in [9.17, 15) is 14.0 Å². The van der Waals surface area contributed by atoms with E-state index < -0.39 is 11.7 Å². The summed E-state index contributed by atoms with van der Waals surface area (Å²) in [5.41, 5.74) is 2.77. The maximum absolute atomic E-state index is 13.4. The zero-order chi connectivity index (χ0) is 16.1. The second kappa shape index (κ2) is 6.85. The molecule has 0 heterocycles. The van der Waals surface area contributed by atoms with Crippen molar-refractivity contribution in [3.63, 3.8) is 0 Å². The molecule has 0 bridgehead atoms. The Hall–Kier alpha value is -2.69. The number of benzene rings is 2. The van der Waals surface area contributed by atoms with Crippen molar-refractivity contribution >= 4 is 17.5 Å². The normalized spacial score (nSPS) is 10.1. The minimum absolute atomic E-state index is 0.0820. The van der Waals surface area contributed by atoms with Crippen molar-refractivity contribution in [3.05, 3.63) is 65.0 Å². The average molecular weight is 300 g/mol. The van der Waals surface area contributed by atoms with E-state index in [0.717, 1.165) is 11.1 Å². The van der Waals surface area contributed by atoms with Gasteiger partial charge in [0.15, 0.2) is 0 Å². The summed E-state index contributed by atoms with van der Waals surface area (Å²) in [5.74, 6) is -1.60. The van der Waals surface area contributed by atoms with E-state index in [1.807, 2.05) is 26.0 Å². The fourth-order valence-electron chi connectivity index (χ4n) is 1.93. The number of carbonyl (C=O) groups is 2. The number of carbonyl (C=O) groups excluding carboxylic acids is 2. The molecule has 0 saturated heterocycles. The molecule has 4 nitrogen and oxygen atoms in total. The first-order valence-electron chi connectivity index (χ1n) is 6.87. The average Bonchev–Trinajstić information content (AvgIpc) is 2.49. The van der Waals surface area contributed by atoms with Gasteiger partial charge < -0.3 is 10.6 Å². The number of aryl methyl sites for hydroxylation is 2. The highest BCUT2D eigenvalue weighted by Gasteiger charge is 2.12. The van der Waals surface area contributed by atoms with Gasteiger partial charge in [0.05, 0.1) is 12.1 Å². The van der Waals surface area contributed by atoms with Gasteiger partial charge in [-0.3, -0.25) is 9.59 Å². The lowest BCUT2D eigenvalue weighted by Crippen LogP contribution is -2.33. The SMILES string of the molecule is Cc1ccc(NC(=O)CNC(=O)c2ccccc2F)cc1C. The molecular formula is C17H17FN2O2. The molecule has 0 saturated carbocycles. The Kier molecular flexibility index (Phi) is 4.88. The molecule has 0 aliphatic carbocycles. The largest absolute Gasteiger partial charge is 0.343 e. The van der Waals surface area contributed by atoms with Crippen LogP contribution >= 0.6 is 0 Å². The fourth-order valence-corrected chi connectivity index (χ4v) is 1.93. The predicted molar refractivity (Wildman–Crippen MR) is 83.3 cm³/mol. The Morgan fingerprint density at radius 2 is 1.77 bits per heavy atom. The lowest BCUT2D eigenvalue weighted by Gasteiger charge is -2.09. The van der Waals surface area contributed by atoms with Crippen LogP contribution in [-0.2, 0) is 4.79 Å². The van der Waals surface area contributed by atoms with Gasteiger partial charge in [-0.1, -0.05) is 18.2 Å². The first-order valence-corrected chi connectivity index (χ1v) is 6.87. The van der Waals surface area contributed by atoms with Crippen LogP contribution in [0.5, 0.6) is 0 Å². The molecule has 0 spiro atoms. The third-order valence-corrected chi connectivity index (χ3v) is 3.32. The van der Waals surface area contributed by atoms with Crippen LogP contribution in [0.2, 0.25) is 0 Å². The van der Waals surface area contributed by atoms with E-state index in [0.29, 0.717) is 5.69 Å². The molecule has 2 amide bonds. The van der Waals surface area contributed by atoms with E-state index in [4.69, 9.17) is 0 Å². The van der Waals surface area contributed by atoms with Crippen molar-refractivity contribution in [3.8, 4) is 0 Å².